The molecule has 0 radical (unpaired) electrons. The number of nitrogens with zero attached hydrogens (tertiary/aromatic N) is 2. The number of pyridine rings is 1. The van der Waals surface area contributed by atoms with Gasteiger partial charge >= 0.3 is 0 Å². The molecule has 106 valence electrons. The Bertz CT molecular complexity index is 440. The lowest BCUT2D eigenvalue weighted by Gasteiger charge is -2.21. The Morgan fingerprint density at radius 1 is 1.47 bits per heavy atom. The first-order valence-corrected chi connectivity index (χ1v) is 6.44. The number of thiocarbonyl (C=S) groups is 1. The van der Waals surface area contributed by atoms with Crippen LogP contribution in [-0.2, 0) is 6.54 Å². The van der Waals surface area contributed by atoms with Gasteiger partial charge in [0.1, 0.15) is 5.69 Å². The molecule has 5 nitrogen and oxygen atoms in total. The van der Waals surface area contributed by atoms with Crippen molar-refractivity contribution < 1.29 is 9.47 Å². The number of nitrogens with two attached hydrogens (primary N) is 1. The molecule has 0 bridgehead atoms. The summed E-state index contributed by atoms with van der Waals surface area (Å²) in [6, 6.07) is 1.78. The Morgan fingerprint density at radius 2 is 2.16 bits per heavy atom. The van der Waals surface area contributed by atoms with Gasteiger partial charge in [-0.2, -0.15) is 0 Å². The standard InChI is InChI=1S/C13H21N3O2S/c1-9(13(14)19)7-16(2)8-10-12(18-4)11(17-3)5-6-15-10/h5-6,9H,7-8H2,1-4H3,(H2,14,19). The molecule has 1 aromatic rings. The SMILES string of the molecule is COc1ccnc(CN(C)CC(C)C(N)=S)c1OC. The molecule has 0 saturated carbocycles. The van der Waals surface area contributed by atoms with Gasteiger partial charge in [0.05, 0.1) is 19.2 Å². The zero-order chi connectivity index (χ0) is 14.4. The van der Waals surface area contributed by atoms with Gasteiger partial charge in [0.25, 0.3) is 0 Å². The number of aromatic nitrogens is 1. The van der Waals surface area contributed by atoms with E-state index in [1.54, 1.807) is 26.5 Å². The Kier molecular flexibility index (Phi) is 5.98. The third-order valence-corrected chi connectivity index (χ3v) is 3.26. The highest BCUT2D eigenvalue weighted by Crippen LogP contribution is 2.29. The van der Waals surface area contributed by atoms with Gasteiger partial charge in [-0.3, -0.25) is 9.88 Å². The molecule has 0 aromatic carbocycles. The summed E-state index contributed by atoms with van der Waals surface area (Å²) in [7, 11) is 5.22. The quantitative estimate of drug-likeness (QED) is 0.764. The summed E-state index contributed by atoms with van der Waals surface area (Å²) in [6.07, 6.45) is 1.71. The lowest BCUT2D eigenvalue weighted by molar-refractivity contribution is 0.290. The van der Waals surface area contributed by atoms with Crippen molar-refractivity contribution in [2.75, 3.05) is 27.8 Å². The summed E-state index contributed by atoms with van der Waals surface area (Å²) in [6.45, 7) is 3.43. The van der Waals surface area contributed by atoms with Gasteiger partial charge in [-0.25, -0.2) is 0 Å². The van der Waals surface area contributed by atoms with Crippen LogP contribution in [0.1, 0.15) is 12.6 Å². The van der Waals surface area contributed by atoms with Gasteiger partial charge in [0.2, 0.25) is 0 Å². The third kappa shape index (κ3) is 4.33. The van der Waals surface area contributed by atoms with Crippen LogP contribution in [0, 0.1) is 5.92 Å². The topological polar surface area (TPSA) is 60.6 Å². The first kappa shape index (κ1) is 15.7. The van der Waals surface area contributed by atoms with Crippen LogP contribution in [0.15, 0.2) is 12.3 Å². The molecule has 1 heterocycles. The molecular weight excluding hydrogens is 262 g/mol. The minimum Gasteiger partial charge on any atom is -0.493 e. The highest BCUT2D eigenvalue weighted by molar-refractivity contribution is 7.80. The van der Waals surface area contributed by atoms with Crippen molar-refractivity contribution >= 4 is 17.2 Å². The fourth-order valence-corrected chi connectivity index (χ4v) is 1.92. The molecule has 19 heavy (non-hydrogen) atoms. The lowest BCUT2D eigenvalue weighted by atomic mass is 10.1. The summed E-state index contributed by atoms with van der Waals surface area (Å²) in [4.78, 5) is 6.97. The minimum atomic E-state index is 0.164. The van der Waals surface area contributed by atoms with Gasteiger partial charge in [-0.15, -0.1) is 0 Å². The minimum absolute atomic E-state index is 0.164. The summed E-state index contributed by atoms with van der Waals surface area (Å²) >= 11 is 4.98. The summed E-state index contributed by atoms with van der Waals surface area (Å²) < 4.78 is 10.6. The van der Waals surface area contributed by atoms with E-state index in [0.29, 0.717) is 23.0 Å². The highest BCUT2D eigenvalue weighted by atomic mass is 32.1. The van der Waals surface area contributed by atoms with E-state index in [9.17, 15) is 0 Å². The van der Waals surface area contributed by atoms with Crippen LogP contribution in [0.2, 0.25) is 0 Å². The average Bonchev–Trinajstić information content (AvgIpc) is 2.37. The van der Waals surface area contributed by atoms with Crippen molar-refractivity contribution in [2.45, 2.75) is 13.5 Å². The van der Waals surface area contributed by atoms with Crippen LogP contribution in [-0.4, -0.2) is 42.7 Å². The maximum Gasteiger partial charge on any atom is 0.183 e. The normalized spacial score (nSPS) is 12.3. The van der Waals surface area contributed by atoms with Crippen molar-refractivity contribution in [1.29, 1.82) is 0 Å². The Labute approximate surface area is 119 Å². The second-order valence-corrected chi connectivity index (χ2v) is 4.96. The van der Waals surface area contributed by atoms with Crippen molar-refractivity contribution in [1.82, 2.24) is 9.88 Å². The lowest BCUT2D eigenvalue weighted by Crippen LogP contribution is -2.31. The molecule has 0 aliphatic rings. The second-order valence-electron chi connectivity index (χ2n) is 4.49. The maximum atomic E-state index is 5.62. The van der Waals surface area contributed by atoms with E-state index in [1.807, 2.05) is 14.0 Å². The van der Waals surface area contributed by atoms with Gasteiger partial charge in [0, 0.05) is 31.3 Å². The summed E-state index contributed by atoms with van der Waals surface area (Å²) in [5.41, 5.74) is 6.46. The smallest absolute Gasteiger partial charge is 0.183 e. The van der Waals surface area contributed by atoms with Crippen LogP contribution in [0.25, 0.3) is 0 Å². The molecule has 0 saturated heterocycles. The molecule has 1 atom stereocenters. The van der Waals surface area contributed by atoms with E-state index in [2.05, 4.69) is 9.88 Å². The summed E-state index contributed by atoms with van der Waals surface area (Å²) in [5.74, 6) is 1.51. The summed E-state index contributed by atoms with van der Waals surface area (Å²) in [5, 5.41) is 0. The largest absolute Gasteiger partial charge is 0.493 e. The van der Waals surface area contributed by atoms with E-state index < -0.39 is 0 Å². The van der Waals surface area contributed by atoms with Gasteiger partial charge in [0.15, 0.2) is 11.5 Å². The number of hydrogen-bond acceptors (Lipinski definition) is 5. The molecule has 2 N–H and O–H groups in total. The van der Waals surface area contributed by atoms with Gasteiger partial charge < -0.3 is 15.2 Å². The van der Waals surface area contributed by atoms with Crippen molar-refractivity contribution in [3.05, 3.63) is 18.0 Å². The van der Waals surface area contributed by atoms with E-state index >= 15 is 0 Å². The van der Waals surface area contributed by atoms with E-state index in [0.717, 1.165) is 12.2 Å². The predicted octanol–water partition coefficient (Wildman–Crippen LogP) is 1.45. The zero-order valence-electron chi connectivity index (χ0n) is 11.8. The number of hydrogen-bond donors (Lipinski definition) is 1. The van der Waals surface area contributed by atoms with Crippen LogP contribution < -0.4 is 15.2 Å². The van der Waals surface area contributed by atoms with Crippen LogP contribution in [0.3, 0.4) is 0 Å². The maximum absolute atomic E-state index is 5.62. The van der Waals surface area contributed by atoms with Crippen LogP contribution in [0.4, 0.5) is 0 Å². The fraction of sp³-hybridized carbons (Fsp3) is 0.538. The molecular formula is C13H21N3O2S. The Morgan fingerprint density at radius 3 is 2.68 bits per heavy atom. The zero-order valence-corrected chi connectivity index (χ0v) is 12.7. The van der Waals surface area contributed by atoms with Crippen molar-refractivity contribution in [2.24, 2.45) is 11.7 Å². The van der Waals surface area contributed by atoms with Gasteiger partial charge in [-0.1, -0.05) is 19.1 Å². The van der Waals surface area contributed by atoms with E-state index in [4.69, 9.17) is 27.4 Å². The fourth-order valence-electron chi connectivity index (χ4n) is 1.84. The van der Waals surface area contributed by atoms with Crippen molar-refractivity contribution in [3.8, 4) is 11.5 Å². The molecule has 1 aromatic heterocycles. The first-order chi connectivity index (χ1) is 8.99. The number of rotatable bonds is 7. The molecule has 6 heteroatoms. The first-order valence-electron chi connectivity index (χ1n) is 6.03. The van der Waals surface area contributed by atoms with Crippen molar-refractivity contribution in [3.63, 3.8) is 0 Å². The molecule has 0 aliphatic carbocycles. The van der Waals surface area contributed by atoms with Crippen LogP contribution >= 0.6 is 12.2 Å². The molecule has 0 aliphatic heterocycles. The Hall–Kier alpha value is -1.40. The molecule has 0 spiro atoms. The van der Waals surface area contributed by atoms with Crippen LogP contribution in [0.5, 0.6) is 11.5 Å². The molecule has 1 unspecified atom stereocenters. The van der Waals surface area contributed by atoms with E-state index in [-0.39, 0.29) is 5.92 Å². The van der Waals surface area contributed by atoms with E-state index in [1.165, 1.54) is 0 Å². The number of methoxy groups -OCH3 is 2. The molecule has 1 rings (SSSR count). The Balaban J connectivity index is 2.79. The third-order valence-electron chi connectivity index (χ3n) is 2.86. The molecule has 0 amide bonds. The second kappa shape index (κ2) is 7.25. The number of ether oxygens (including phenoxy) is 2. The monoisotopic (exact) mass is 283 g/mol. The highest BCUT2D eigenvalue weighted by Gasteiger charge is 2.15. The molecule has 0 fully saturated rings. The average molecular weight is 283 g/mol. The van der Waals surface area contributed by atoms with Gasteiger partial charge in [-0.05, 0) is 7.05 Å². The predicted molar refractivity (Wildman–Crippen MR) is 79.6 cm³/mol.